The van der Waals surface area contributed by atoms with Crippen LogP contribution in [0.5, 0.6) is 0 Å². The van der Waals surface area contributed by atoms with Crippen LogP contribution in [-0.4, -0.2) is 0 Å². The highest BCUT2D eigenvalue weighted by atomic mass is 14.3. The summed E-state index contributed by atoms with van der Waals surface area (Å²) in [4.78, 5) is 0. The Labute approximate surface area is 266 Å². The Hall–Kier alpha value is -4.14. The Morgan fingerprint density at radius 1 is 0.432 bits per heavy atom. The van der Waals surface area contributed by atoms with E-state index in [0.29, 0.717) is 0 Å². The Morgan fingerprint density at radius 3 is 1.36 bits per heavy atom. The van der Waals surface area contributed by atoms with E-state index >= 15 is 0 Å². The van der Waals surface area contributed by atoms with Gasteiger partial charge in [-0.2, -0.15) is 10.5 Å². The van der Waals surface area contributed by atoms with Crippen molar-refractivity contribution < 1.29 is 0 Å². The molecule has 0 saturated carbocycles. The van der Waals surface area contributed by atoms with Crippen LogP contribution in [0.3, 0.4) is 0 Å². The van der Waals surface area contributed by atoms with Crippen LogP contribution in [0.4, 0.5) is 0 Å². The van der Waals surface area contributed by atoms with E-state index in [9.17, 15) is 10.5 Å². The first-order valence-corrected chi connectivity index (χ1v) is 16.4. The summed E-state index contributed by atoms with van der Waals surface area (Å²) in [6, 6.07) is 23.8. The summed E-state index contributed by atoms with van der Waals surface area (Å²) in [5, 5.41) is 18.5. The first kappa shape index (κ1) is 32.8. The topological polar surface area (TPSA) is 47.6 Å². The fourth-order valence-corrected chi connectivity index (χ4v) is 6.86. The molecule has 2 nitrogen and oxygen atoms in total. The molecular weight excluding hydrogens is 532 g/mol. The molecule has 4 aromatic rings. The fraction of sp³-hybridized carbons (Fsp3) is 0.381. The van der Waals surface area contributed by atoms with E-state index in [-0.39, 0.29) is 0 Å². The van der Waals surface area contributed by atoms with Crippen LogP contribution in [0.2, 0.25) is 0 Å². The molecule has 0 aliphatic carbocycles. The average molecular weight is 581 g/mol. The monoisotopic (exact) mass is 580 g/mol. The maximum absolute atomic E-state index is 9.32. The molecule has 226 valence electrons. The minimum absolute atomic E-state index is 0.721. The quantitative estimate of drug-likeness (QED) is 0.156. The minimum atomic E-state index is 0.721. The molecule has 2 heteroatoms. The lowest BCUT2D eigenvalue weighted by Gasteiger charge is -2.17. The van der Waals surface area contributed by atoms with Gasteiger partial charge in [-0.05, 0) is 171 Å². The lowest BCUT2D eigenvalue weighted by Crippen LogP contribution is -1.98. The summed E-state index contributed by atoms with van der Waals surface area (Å²) in [7, 11) is 0. The Bertz CT molecular complexity index is 1700. The highest BCUT2D eigenvalue weighted by Crippen LogP contribution is 2.34. The van der Waals surface area contributed by atoms with Crippen molar-refractivity contribution in [3.05, 3.63) is 116 Å². The van der Waals surface area contributed by atoms with Gasteiger partial charge in [-0.25, -0.2) is 0 Å². The van der Waals surface area contributed by atoms with Gasteiger partial charge in [-0.15, -0.1) is 0 Å². The van der Waals surface area contributed by atoms with Crippen molar-refractivity contribution in [2.24, 2.45) is 0 Å². The zero-order valence-corrected chi connectivity index (χ0v) is 28.0. The minimum Gasteiger partial charge on any atom is -0.192 e. The molecule has 0 aliphatic rings. The lowest BCUT2D eigenvalue weighted by atomic mass is 9.87. The van der Waals surface area contributed by atoms with Crippen LogP contribution < -0.4 is 0 Å². The van der Waals surface area contributed by atoms with Gasteiger partial charge in [0.05, 0.1) is 23.3 Å². The largest absolute Gasteiger partial charge is 0.192 e. The van der Waals surface area contributed by atoms with E-state index < -0.39 is 0 Å². The maximum Gasteiger partial charge on any atom is 0.0991 e. The van der Waals surface area contributed by atoms with Gasteiger partial charge in [0.2, 0.25) is 0 Å². The molecule has 0 fully saturated rings. The summed E-state index contributed by atoms with van der Waals surface area (Å²) in [6.45, 7) is 15.3. The normalized spacial score (nSPS) is 10.9. The van der Waals surface area contributed by atoms with E-state index in [0.717, 1.165) is 29.5 Å². The first-order valence-electron chi connectivity index (χ1n) is 16.4. The van der Waals surface area contributed by atoms with Crippen molar-refractivity contribution >= 4 is 0 Å². The van der Waals surface area contributed by atoms with Crippen molar-refractivity contribution in [1.82, 2.24) is 0 Å². The molecule has 0 bridgehead atoms. The van der Waals surface area contributed by atoms with Crippen LogP contribution in [0.1, 0.15) is 106 Å². The molecule has 4 aromatic carbocycles. The number of nitrogens with zero attached hydrogens (tertiary/aromatic N) is 2. The third-order valence-corrected chi connectivity index (χ3v) is 9.77. The standard InChI is InChI=1S/C42H48N2/c1-28-23-35(26-43)17-20-39(28)40-21-18-37(31(4)33(40)6)15-13-11-9-8-10-12-14-16-38-19-22-41(34(7)32(38)5)42-29(2)24-36(27-44)25-30(42)3/h17-25H,8-16H2,1-7H3. The molecule has 44 heavy (non-hydrogen) atoms. The Morgan fingerprint density at radius 2 is 0.864 bits per heavy atom. The Kier molecular flexibility index (Phi) is 11.2. The predicted molar refractivity (Wildman–Crippen MR) is 186 cm³/mol. The van der Waals surface area contributed by atoms with Gasteiger partial charge in [0.25, 0.3) is 0 Å². The van der Waals surface area contributed by atoms with Gasteiger partial charge in [0.1, 0.15) is 0 Å². The van der Waals surface area contributed by atoms with Crippen LogP contribution in [0.25, 0.3) is 22.3 Å². The highest BCUT2D eigenvalue weighted by Gasteiger charge is 2.14. The number of unbranched alkanes of at least 4 members (excludes halogenated alkanes) is 6. The van der Waals surface area contributed by atoms with Crippen molar-refractivity contribution in [2.45, 2.75) is 106 Å². The molecule has 0 aromatic heterocycles. The molecule has 0 N–H and O–H groups in total. The SMILES string of the molecule is Cc1cc(C#N)ccc1-c1ccc(CCCCCCCCCc2ccc(-c3c(C)cc(C#N)cc3C)c(C)c2C)c(C)c1C. The van der Waals surface area contributed by atoms with Gasteiger partial charge in [-0.3, -0.25) is 0 Å². The van der Waals surface area contributed by atoms with Crippen LogP contribution in [0, 0.1) is 71.1 Å². The molecule has 0 unspecified atom stereocenters. The number of hydrogen-bond acceptors (Lipinski definition) is 2. The van der Waals surface area contributed by atoms with Gasteiger partial charge < -0.3 is 0 Å². The van der Waals surface area contributed by atoms with Gasteiger partial charge in [-0.1, -0.05) is 62.4 Å². The third-order valence-electron chi connectivity index (χ3n) is 9.77. The van der Waals surface area contributed by atoms with Crippen molar-refractivity contribution in [1.29, 1.82) is 10.5 Å². The highest BCUT2D eigenvalue weighted by molar-refractivity contribution is 5.76. The first-order chi connectivity index (χ1) is 21.2. The summed E-state index contributed by atoms with van der Waals surface area (Å²) in [5.74, 6) is 0. The zero-order chi connectivity index (χ0) is 31.8. The van der Waals surface area contributed by atoms with E-state index in [2.05, 4.69) is 90.9 Å². The van der Waals surface area contributed by atoms with Gasteiger partial charge in [0.15, 0.2) is 0 Å². The van der Waals surface area contributed by atoms with E-state index in [1.165, 1.54) is 112 Å². The second-order valence-electron chi connectivity index (χ2n) is 12.8. The molecule has 0 amide bonds. The second-order valence-corrected chi connectivity index (χ2v) is 12.8. The Balaban J connectivity index is 1.20. The van der Waals surface area contributed by atoms with Crippen LogP contribution in [-0.2, 0) is 12.8 Å². The van der Waals surface area contributed by atoms with Gasteiger partial charge >= 0.3 is 0 Å². The van der Waals surface area contributed by atoms with E-state index in [1.54, 1.807) is 0 Å². The second kappa shape index (κ2) is 15.0. The van der Waals surface area contributed by atoms with Crippen LogP contribution in [0.15, 0.2) is 54.6 Å². The van der Waals surface area contributed by atoms with Crippen molar-refractivity contribution in [3.63, 3.8) is 0 Å². The molecule has 0 atom stereocenters. The van der Waals surface area contributed by atoms with Gasteiger partial charge in [0, 0.05) is 0 Å². The van der Waals surface area contributed by atoms with E-state index in [1.807, 2.05) is 24.3 Å². The zero-order valence-electron chi connectivity index (χ0n) is 28.0. The molecule has 4 rings (SSSR count). The van der Waals surface area contributed by atoms with Crippen molar-refractivity contribution in [2.75, 3.05) is 0 Å². The molecule has 0 heterocycles. The summed E-state index contributed by atoms with van der Waals surface area (Å²) < 4.78 is 0. The fourth-order valence-electron chi connectivity index (χ4n) is 6.86. The smallest absolute Gasteiger partial charge is 0.0991 e. The number of hydrogen-bond donors (Lipinski definition) is 0. The lowest BCUT2D eigenvalue weighted by molar-refractivity contribution is 0.578. The molecule has 0 radical (unpaired) electrons. The average Bonchev–Trinajstić information content (AvgIpc) is 3.01. The predicted octanol–water partition coefficient (Wildman–Crippen LogP) is 11.4. The van der Waals surface area contributed by atoms with E-state index in [4.69, 9.17) is 0 Å². The number of rotatable bonds is 12. The third kappa shape index (κ3) is 7.49. The number of aryl methyl sites for hydroxylation is 5. The van der Waals surface area contributed by atoms with Crippen molar-refractivity contribution in [3.8, 4) is 34.4 Å². The summed E-state index contributed by atoms with van der Waals surface area (Å²) in [5.41, 5.74) is 18.5. The molecule has 0 aliphatic heterocycles. The molecular formula is C42H48N2. The number of benzene rings is 4. The summed E-state index contributed by atoms with van der Waals surface area (Å²) in [6.07, 6.45) is 11.3. The molecule has 0 saturated heterocycles. The molecule has 0 spiro atoms. The number of nitriles is 2. The summed E-state index contributed by atoms with van der Waals surface area (Å²) >= 11 is 0. The maximum atomic E-state index is 9.32. The van der Waals surface area contributed by atoms with Crippen LogP contribution >= 0.6 is 0 Å².